The SMILES string of the molecule is CC(C)(C)OC(=O)NCCOCCOCCOCCOCCOCCOCCC(=O)NCCCC[C@H](N)C(=O)Nc1ccc(CCO[C@H]2CC(O)C[C@@H](CO)O2)cc1.CN.CO. The number of unbranched alkanes of at least 4 members (excludes halogenated alkanes) is 1. The molecule has 3 amide bonds. The van der Waals surface area contributed by atoms with E-state index in [2.05, 4.69) is 21.7 Å². The number of ether oxygens (including phenoxy) is 9. The molecule has 1 fully saturated rings. The zero-order chi connectivity index (χ0) is 46.3. The highest BCUT2D eigenvalue weighted by molar-refractivity contribution is 5.94. The Labute approximate surface area is 368 Å². The van der Waals surface area contributed by atoms with Crippen molar-refractivity contribution >= 4 is 23.6 Å². The summed E-state index contributed by atoms with van der Waals surface area (Å²) in [7, 11) is 2.50. The normalized spacial score (nSPS) is 16.5. The number of aliphatic hydroxyl groups is 3. The van der Waals surface area contributed by atoms with Crippen LogP contribution in [-0.2, 0) is 58.6 Å². The second-order valence-corrected chi connectivity index (χ2v) is 14.6. The number of benzene rings is 1. The van der Waals surface area contributed by atoms with E-state index in [-0.39, 0.29) is 24.8 Å². The third-order valence-electron chi connectivity index (χ3n) is 8.31. The fraction of sp³-hybridized carbons (Fsp3) is 0.786. The van der Waals surface area contributed by atoms with Crippen LogP contribution in [0.5, 0.6) is 0 Å². The second kappa shape index (κ2) is 39.5. The summed E-state index contributed by atoms with van der Waals surface area (Å²) in [5.74, 6) is -0.375. The van der Waals surface area contributed by atoms with Crippen LogP contribution in [0.1, 0.15) is 64.9 Å². The van der Waals surface area contributed by atoms with Crippen molar-refractivity contribution < 1.29 is 72.3 Å². The van der Waals surface area contributed by atoms with Crippen molar-refractivity contribution in [2.45, 2.75) is 95.9 Å². The quantitative estimate of drug-likeness (QED) is 0.0454. The number of carbonyl (C=O) groups excluding carboxylic acids is 3. The molecule has 0 spiro atoms. The van der Waals surface area contributed by atoms with Gasteiger partial charge in [0.05, 0.1) is 111 Å². The molecule has 10 N–H and O–H groups in total. The monoisotopic (exact) mass is 894 g/mol. The fourth-order valence-corrected chi connectivity index (χ4v) is 5.31. The molecule has 20 nitrogen and oxygen atoms in total. The van der Waals surface area contributed by atoms with E-state index >= 15 is 0 Å². The molecular weight excluding hydrogens is 814 g/mol. The van der Waals surface area contributed by atoms with Crippen molar-refractivity contribution in [3.63, 3.8) is 0 Å². The van der Waals surface area contributed by atoms with E-state index in [4.69, 9.17) is 53.5 Å². The highest BCUT2D eigenvalue weighted by atomic mass is 16.7. The van der Waals surface area contributed by atoms with Gasteiger partial charge in [-0.05, 0) is 71.2 Å². The van der Waals surface area contributed by atoms with Crippen LogP contribution in [0.3, 0.4) is 0 Å². The Morgan fingerprint density at radius 2 is 1.29 bits per heavy atom. The molecule has 1 aliphatic heterocycles. The van der Waals surface area contributed by atoms with Crippen LogP contribution in [0.15, 0.2) is 24.3 Å². The summed E-state index contributed by atoms with van der Waals surface area (Å²) in [5, 5.41) is 34.5. The van der Waals surface area contributed by atoms with Gasteiger partial charge in [0.15, 0.2) is 6.29 Å². The van der Waals surface area contributed by atoms with Crippen molar-refractivity contribution in [3.8, 4) is 0 Å². The van der Waals surface area contributed by atoms with Gasteiger partial charge in [-0.15, -0.1) is 0 Å². The lowest BCUT2D eigenvalue weighted by Gasteiger charge is -2.32. The van der Waals surface area contributed by atoms with Crippen LogP contribution in [0, 0.1) is 0 Å². The summed E-state index contributed by atoms with van der Waals surface area (Å²) in [6.45, 7) is 11.4. The molecule has 1 aromatic rings. The molecule has 1 heterocycles. The molecule has 0 bridgehead atoms. The number of nitrogens with one attached hydrogen (secondary N) is 3. The summed E-state index contributed by atoms with van der Waals surface area (Å²) in [4.78, 5) is 36.2. The zero-order valence-corrected chi connectivity index (χ0v) is 37.8. The topological polar surface area (TPSA) is 283 Å². The van der Waals surface area contributed by atoms with Gasteiger partial charge in [-0.2, -0.15) is 0 Å². The smallest absolute Gasteiger partial charge is 0.407 e. The Kier molecular flexibility index (Phi) is 37.5. The van der Waals surface area contributed by atoms with Crippen LogP contribution in [0.4, 0.5) is 10.5 Å². The van der Waals surface area contributed by atoms with Crippen LogP contribution in [0.25, 0.3) is 0 Å². The van der Waals surface area contributed by atoms with E-state index < -0.39 is 36.2 Å². The van der Waals surface area contributed by atoms with Crippen LogP contribution < -0.4 is 27.4 Å². The van der Waals surface area contributed by atoms with E-state index in [1.54, 1.807) is 20.8 Å². The zero-order valence-electron chi connectivity index (χ0n) is 37.8. The molecule has 1 aliphatic rings. The molecule has 1 aromatic carbocycles. The maximum Gasteiger partial charge on any atom is 0.407 e. The Balaban J connectivity index is 0.00000902. The van der Waals surface area contributed by atoms with Gasteiger partial charge in [0, 0.05) is 45.1 Å². The predicted octanol–water partition coefficient (Wildman–Crippen LogP) is 0.854. The van der Waals surface area contributed by atoms with Gasteiger partial charge in [0.2, 0.25) is 11.8 Å². The first-order chi connectivity index (χ1) is 29.9. The standard InChI is InChI=1S/C40H70N4O14.CH5N.CH4O/c1-40(2,3)58-39(49)43-14-17-51-19-21-53-23-25-55-27-26-54-24-22-52-20-18-50-15-12-36(47)42-13-5-4-6-35(41)38(48)44-32-9-7-31(8-10-32)11-16-56-37-29-33(46)28-34(30-45)57-37;2*1-2/h7-10,33-35,37,45-46H,4-6,11-30,41H2,1-3H3,(H,42,47)(H,43,49)(H,44,48);2H2,1H3;2H,1H3/t33?,34-,35-,37+;;/m0../s1. The first-order valence-electron chi connectivity index (χ1n) is 21.4. The lowest BCUT2D eigenvalue weighted by atomic mass is 10.1. The Hall–Kier alpha value is -3.09. The molecule has 20 heteroatoms. The molecule has 1 unspecified atom stereocenters. The third-order valence-corrected chi connectivity index (χ3v) is 8.31. The van der Waals surface area contributed by atoms with Crippen molar-refractivity contribution in [1.29, 1.82) is 0 Å². The summed E-state index contributed by atoms with van der Waals surface area (Å²) in [6, 6.07) is 6.75. The van der Waals surface area contributed by atoms with Gasteiger partial charge in [-0.1, -0.05) is 12.1 Å². The predicted molar refractivity (Wildman–Crippen MR) is 233 cm³/mol. The van der Waals surface area contributed by atoms with Crippen molar-refractivity contribution in [2.75, 3.05) is 125 Å². The largest absolute Gasteiger partial charge is 0.444 e. The summed E-state index contributed by atoms with van der Waals surface area (Å²) >= 11 is 0. The van der Waals surface area contributed by atoms with E-state index in [0.29, 0.717) is 143 Å². The lowest BCUT2D eigenvalue weighted by molar-refractivity contribution is -0.221. The summed E-state index contributed by atoms with van der Waals surface area (Å²) < 4.78 is 49.2. The number of anilines is 1. The minimum absolute atomic E-state index is 0.104. The van der Waals surface area contributed by atoms with Crippen molar-refractivity contribution in [1.82, 2.24) is 10.6 Å². The Morgan fingerprint density at radius 1 is 0.758 bits per heavy atom. The van der Waals surface area contributed by atoms with Crippen molar-refractivity contribution in [3.05, 3.63) is 29.8 Å². The first kappa shape index (κ1) is 58.9. The van der Waals surface area contributed by atoms with E-state index in [0.717, 1.165) is 12.7 Å². The number of rotatable bonds is 33. The molecule has 4 atom stereocenters. The maximum absolute atomic E-state index is 12.6. The minimum Gasteiger partial charge on any atom is -0.444 e. The van der Waals surface area contributed by atoms with Gasteiger partial charge in [-0.25, -0.2) is 4.79 Å². The number of aliphatic hydroxyl groups excluding tert-OH is 3. The van der Waals surface area contributed by atoms with Gasteiger partial charge in [-0.3, -0.25) is 9.59 Å². The molecule has 0 aliphatic carbocycles. The van der Waals surface area contributed by atoms with Crippen LogP contribution in [0.2, 0.25) is 0 Å². The van der Waals surface area contributed by atoms with Gasteiger partial charge < -0.3 is 85.4 Å². The van der Waals surface area contributed by atoms with E-state index in [1.807, 2.05) is 24.3 Å². The molecule has 62 heavy (non-hydrogen) atoms. The highest BCUT2D eigenvalue weighted by Crippen LogP contribution is 2.21. The molecule has 0 aromatic heterocycles. The number of hydrogen-bond acceptors (Lipinski definition) is 17. The van der Waals surface area contributed by atoms with Gasteiger partial charge >= 0.3 is 6.09 Å². The molecule has 2 rings (SSSR count). The summed E-state index contributed by atoms with van der Waals surface area (Å²) in [6.07, 6.45) is 1.55. The Morgan fingerprint density at radius 3 is 1.82 bits per heavy atom. The molecule has 0 saturated carbocycles. The van der Waals surface area contributed by atoms with E-state index in [9.17, 15) is 24.6 Å². The average molecular weight is 894 g/mol. The maximum atomic E-state index is 12.6. The average Bonchev–Trinajstić information content (AvgIpc) is 3.25. The Bertz CT molecular complexity index is 1230. The molecular formula is C42H79N5O15. The first-order valence-corrected chi connectivity index (χ1v) is 21.4. The van der Waals surface area contributed by atoms with Gasteiger partial charge in [0.25, 0.3) is 0 Å². The highest BCUT2D eigenvalue weighted by Gasteiger charge is 2.28. The number of alkyl carbamates (subject to hydrolysis) is 1. The fourth-order valence-electron chi connectivity index (χ4n) is 5.31. The molecule has 0 radical (unpaired) electrons. The minimum atomic E-state index is -0.669. The van der Waals surface area contributed by atoms with Crippen molar-refractivity contribution in [2.24, 2.45) is 11.5 Å². The molecule has 362 valence electrons. The number of hydrogen-bond donors (Lipinski definition) is 8. The number of amides is 3. The lowest BCUT2D eigenvalue weighted by Crippen LogP contribution is -2.39. The van der Waals surface area contributed by atoms with Crippen LogP contribution >= 0.6 is 0 Å². The van der Waals surface area contributed by atoms with Crippen LogP contribution in [-0.4, -0.2) is 183 Å². The third kappa shape index (κ3) is 34.4. The molecule has 1 saturated heterocycles. The van der Waals surface area contributed by atoms with Gasteiger partial charge in [0.1, 0.15) is 5.60 Å². The van der Waals surface area contributed by atoms with E-state index in [1.165, 1.54) is 7.05 Å². The number of nitrogens with two attached hydrogens (primary N) is 2. The second-order valence-electron chi connectivity index (χ2n) is 14.6. The number of carbonyl (C=O) groups is 3. The summed E-state index contributed by atoms with van der Waals surface area (Å²) in [5.41, 5.74) is 11.7.